The molecule has 0 aliphatic rings. The summed E-state index contributed by atoms with van der Waals surface area (Å²) in [6, 6.07) is 15.1. The van der Waals surface area contributed by atoms with Crippen LogP contribution in [0.25, 0.3) is 0 Å². The summed E-state index contributed by atoms with van der Waals surface area (Å²) in [5, 5.41) is 3.74. The van der Waals surface area contributed by atoms with Crippen molar-refractivity contribution in [3.8, 4) is 0 Å². The highest BCUT2D eigenvalue weighted by Crippen LogP contribution is 2.21. The highest BCUT2D eigenvalue weighted by Gasteiger charge is 2.14. The van der Waals surface area contributed by atoms with Gasteiger partial charge in [-0.1, -0.05) is 36.7 Å². The number of amides is 1. The maximum Gasteiger partial charge on any atom is 0.251 e. The molecule has 2 aromatic rings. The second kappa shape index (κ2) is 7.09. The van der Waals surface area contributed by atoms with Crippen molar-refractivity contribution in [2.24, 2.45) is 0 Å². The zero-order valence-corrected chi connectivity index (χ0v) is 14.0. The number of carbonyl (C=O) groups is 1. The van der Waals surface area contributed by atoms with Crippen molar-refractivity contribution in [3.05, 3.63) is 68.3 Å². The normalized spacial score (nSPS) is 11.9. The van der Waals surface area contributed by atoms with Gasteiger partial charge in [-0.15, -0.1) is 0 Å². The van der Waals surface area contributed by atoms with Crippen molar-refractivity contribution in [1.82, 2.24) is 5.32 Å². The van der Waals surface area contributed by atoms with Gasteiger partial charge in [-0.2, -0.15) is 0 Å². The van der Waals surface area contributed by atoms with Crippen molar-refractivity contribution in [2.45, 2.75) is 19.4 Å². The number of halogens is 2. The minimum absolute atomic E-state index is 0.0286. The fourth-order valence-corrected chi connectivity index (χ4v) is 2.76. The van der Waals surface area contributed by atoms with Gasteiger partial charge in [0.2, 0.25) is 0 Å². The first-order valence-electron chi connectivity index (χ1n) is 6.42. The molecule has 1 N–H and O–H groups in total. The number of nitrogens with one attached hydrogen (secondary N) is 1. The maximum atomic E-state index is 12.3. The van der Waals surface area contributed by atoms with Gasteiger partial charge >= 0.3 is 0 Å². The van der Waals surface area contributed by atoms with E-state index >= 15 is 0 Å². The summed E-state index contributed by atoms with van der Waals surface area (Å²) in [5.41, 5.74) is 1.70. The van der Waals surface area contributed by atoms with Gasteiger partial charge in [-0.3, -0.25) is 4.79 Å². The molecule has 4 heteroatoms. The predicted octanol–water partition coefficient (Wildman–Crippen LogP) is 4.83. The average molecular weight is 400 g/mol. The molecule has 0 aliphatic heterocycles. The van der Waals surface area contributed by atoms with E-state index in [1.807, 2.05) is 55.5 Å². The summed E-state index contributed by atoms with van der Waals surface area (Å²) in [6.07, 6.45) is 0.815. The van der Waals surface area contributed by atoms with Crippen LogP contribution in [-0.4, -0.2) is 5.91 Å². The van der Waals surface area contributed by atoms with Crippen LogP contribution in [-0.2, 0) is 0 Å². The van der Waals surface area contributed by atoms with Crippen molar-refractivity contribution in [3.63, 3.8) is 0 Å². The van der Waals surface area contributed by atoms with Gasteiger partial charge in [0, 0.05) is 14.2 Å². The van der Waals surface area contributed by atoms with Crippen LogP contribution in [0.5, 0.6) is 0 Å². The maximum absolute atomic E-state index is 12.3. The first-order chi connectivity index (χ1) is 9.60. The molecule has 0 bridgehead atoms. The molecule has 0 heterocycles. The smallest absolute Gasteiger partial charge is 0.251 e. The standard InChI is InChI=1S/C16H15ClINO/c1-2-15(11-5-3-7-13(17)9-11)19-16(20)12-6-4-8-14(18)10-12/h3-10,15H,2H2,1H3,(H,19,20). The van der Waals surface area contributed by atoms with E-state index in [4.69, 9.17) is 11.6 Å². The molecule has 2 rings (SSSR count). The number of hydrogen-bond acceptors (Lipinski definition) is 1. The number of benzene rings is 2. The van der Waals surface area contributed by atoms with E-state index in [2.05, 4.69) is 27.9 Å². The second-order valence-corrected chi connectivity index (χ2v) is 6.18. The van der Waals surface area contributed by atoms with E-state index in [9.17, 15) is 4.79 Å². The summed E-state index contributed by atoms with van der Waals surface area (Å²) in [4.78, 5) is 12.3. The molecule has 20 heavy (non-hydrogen) atoms. The molecule has 0 radical (unpaired) electrons. The Bertz CT molecular complexity index is 615. The third-order valence-corrected chi connectivity index (χ3v) is 3.96. The highest BCUT2D eigenvalue weighted by atomic mass is 127. The van der Waals surface area contributed by atoms with Gasteiger partial charge in [0.05, 0.1) is 6.04 Å². The topological polar surface area (TPSA) is 29.1 Å². The third kappa shape index (κ3) is 3.96. The Morgan fingerprint density at radius 2 is 2.00 bits per heavy atom. The quantitative estimate of drug-likeness (QED) is 0.733. The molecule has 0 saturated carbocycles. The predicted molar refractivity (Wildman–Crippen MR) is 91.1 cm³/mol. The first kappa shape index (κ1) is 15.3. The van der Waals surface area contributed by atoms with E-state index in [1.54, 1.807) is 0 Å². The Hall–Kier alpha value is -1.07. The van der Waals surface area contributed by atoms with Crippen LogP contribution < -0.4 is 5.32 Å². The van der Waals surface area contributed by atoms with Gasteiger partial charge in [0.25, 0.3) is 5.91 Å². The van der Waals surface area contributed by atoms with Gasteiger partial charge in [-0.25, -0.2) is 0 Å². The third-order valence-electron chi connectivity index (χ3n) is 3.05. The van der Waals surface area contributed by atoms with Crippen LogP contribution in [0.3, 0.4) is 0 Å². The first-order valence-corrected chi connectivity index (χ1v) is 7.87. The fourth-order valence-electron chi connectivity index (χ4n) is 2.02. The molecule has 0 saturated heterocycles. The van der Waals surface area contributed by atoms with Crippen LogP contribution in [0, 0.1) is 3.57 Å². The van der Waals surface area contributed by atoms with E-state index < -0.39 is 0 Å². The monoisotopic (exact) mass is 399 g/mol. The van der Waals surface area contributed by atoms with Crippen LogP contribution in [0.4, 0.5) is 0 Å². The van der Waals surface area contributed by atoms with E-state index in [0.717, 1.165) is 15.6 Å². The molecule has 1 amide bonds. The molecule has 2 nitrogen and oxygen atoms in total. The Balaban J connectivity index is 2.16. The number of rotatable bonds is 4. The van der Waals surface area contributed by atoms with Crippen molar-refractivity contribution < 1.29 is 4.79 Å². The van der Waals surface area contributed by atoms with Gasteiger partial charge in [0.15, 0.2) is 0 Å². The minimum atomic E-state index is -0.0599. The van der Waals surface area contributed by atoms with E-state index in [1.165, 1.54) is 0 Å². The van der Waals surface area contributed by atoms with Gasteiger partial charge in [0.1, 0.15) is 0 Å². The van der Waals surface area contributed by atoms with Crippen LogP contribution in [0.1, 0.15) is 35.3 Å². The molecular formula is C16H15ClINO. The number of hydrogen-bond donors (Lipinski definition) is 1. The molecule has 2 aromatic carbocycles. The summed E-state index contributed by atoms with van der Waals surface area (Å²) in [6.45, 7) is 2.04. The number of carbonyl (C=O) groups excluding carboxylic acids is 1. The van der Waals surface area contributed by atoms with E-state index in [0.29, 0.717) is 10.6 Å². The molecule has 0 aromatic heterocycles. The van der Waals surface area contributed by atoms with Crippen molar-refractivity contribution in [2.75, 3.05) is 0 Å². The Kier molecular flexibility index (Phi) is 5.43. The summed E-state index contributed by atoms with van der Waals surface area (Å²) in [7, 11) is 0. The summed E-state index contributed by atoms with van der Waals surface area (Å²) in [5.74, 6) is -0.0599. The highest BCUT2D eigenvalue weighted by molar-refractivity contribution is 14.1. The average Bonchev–Trinajstić information content (AvgIpc) is 2.44. The van der Waals surface area contributed by atoms with Gasteiger partial charge < -0.3 is 5.32 Å². The SMILES string of the molecule is CCC(NC(=O)c1cccc(I)c1)c1cccc(Cl)c1. The Morgan fingerprint density at radius 3 is 2.65 bits per heavy atom. The molecule has 0 aliphatic carbocycles. The molecule has 0 fully saturated rings. The molecule has 1 atom stereocenters. The lowest BCUT2D eigenvalue weighted by atomic mass is 10.0. The molecular weight excluding hydrogens is 385 g/mol. The second-order valence-electron chi connectivity index (χ2n) is 4.50. The van der Waals surface area contributed by atoms with Crippen LogP contribution in [0.2, 0.25) is 5.02 Å². The lowest BCUT2D eigenvalue weighted by molar-refractivity contribution is 0.0935. The van der Waals surface area contributed by atoms with Crippen LogP contribution >= 0.6 is 34.2 Å². The fraction of sp³-hybridized carbons (Fsp3) is 0.188. The lowest BCUT2D eigenvalue weighted by Crippen LogP contribution is -2.28. The molecule has 104 valence electrons. The minimum Gasteiger partial charge on any atom is -0.345 e. The van der Waals surface area contributed by atoms with Gasteiger partial charge in [-0.05, 0) is 64.9 Å². The molecule has 0 spiro atoms. The van der Waals surface area contributed by atoms with Crippen LogP contribution in [0.15, 0.2) is 48.5 Å². The Morgan fingerprint density at radius 1 is 1.25 bits per heavy atom. The largest absolute Gasteiger partial charge is 0.345 e. The zero-order valence-electron chi connectivity index (χ0n) is 11.1. The van der Waals surface area contributed by atoms with E-state index in [-0.39, 0.29) is 11.9 Å². The summed E-state index contributed by atoms with van der Waals surface area (Å²) >= 11 is 8.21. The summed E-state index contributed by atoms with van der Waals surface area (Å²) < 4.78 is 1.05. The zero-order chi connectivity index (χ0) is 14.5. The molecule has 1 unspecified atom stereocenters. The Labute approximate surface area is 137 Å². The lowest BCUT2D eigenvalue weighted by Gasteiger charge is -2.18. The van der Waals surface area contributed by atoms with Crippen molar-refractivity contribution >= 4 is 40.1 Å². The van der Waals surface area contributed by atoms with Crippen molar-refractivity contribution in [1.29, 1.82) is 0 Å².